The van der Waals surface area contributed by atoms with Crippen LogP contribution in [0.15, 0.2) is 36.8 Å². The fourth-order valence-corrected chi connectivity index (χ4v) is 3.17. The molecular formula is C18H21FN4O. The number of carbonyl (C=O) groups is 1. The zero-order chi connectivity index (χ0) is 17.1. The van der Waals surface area contributed by atoms with Gasteiger partial charge in [-0.2, -0.15) is 0 Å². The van der Waals surface area contributed by atoms with Crippen molar-refractivity contribution in [3.63, 3.8) is 0 Å². The van der Waals surface area contributed by atoms with Gasteiger partial charge in [-0.1, -0.05) is 19.1 Å². The van der Waals surface area contributed by atoms with E-state index in [0.29, 0.717) is 13.0 Å². The third kappa shape index (κ3) is 3.37. The van der Waals surface area contributed by atoms with Crippen molar-refractivity contribution in [2.24, 2.45) is 5.92 Å². The molecule has 1 N–H and O–H groups in total. The van der Waals surface area contributed by atoms with Crippen LogP contribution in [0, 0.1) is 11.7 Å². The molecule has 0 bridgehead atoms. The molecule has 1 aromatic carbocycles. The summed E-state index contributed by atoms with van der Waals surface area (Å²) in [5.41, 5.74) is 2.32. The number of fused-ring (bicyclic) bond motifs is 1. The van der Waals surface area contributed by atoms with Gasteiger partial charge in [0.05, 0.1) is 24.5 Å². The molecule has 6 heteroatoms. The van der Waals surface area contributed by atoms with E-state index >= 15 is 0 Å². The van der Waals surface area contributed by atoms with Crippen molar-refractivity contribution < 1.29 is 9.18 Å². The van der Waals surface area contributed by atoms with Crippen LogP contribution in [0.2, 0.25) is 0 Å². The number of rotatable bonds is 3. The molecule has 1 heterocycles. The van der Waals surface area contributed by atoms with Gasteiger partial charge in [-0.15, -0.1) is 0 Å². The first-order valence-corrected chi connectivity index (χ1v) is 8.10. The zero-order valence-corrected chi connectivity index (χ0v) is 13.9. The molecule has 0 fully saturated rings. The van der Waals surface area contributed by atoms with Crippen molar-refractivity contribution in [1.29, 1.82) is 0 Å². The molecule has 126 valence electrons. The second kappa shape index (κ2) is 6.95. The Labute approximate surface area is 140 Å². The van der Waals surface area contributed by atoms with Gasteiger partial charge in [0.1, 0.15) is 5.82 Å². The SMILES string of the molecule is C[C@@H]1CCc2c(F)cccc2[C@@H]1NC(=O)N(C)Cc1cnccn1. The lowest BCUT2D eigenvalue weighted by Crippen LogP contribution is -2.42. The maximum Gasteiger partial charge on any atom is 0.317 e. The minimum absolute atomic E-state index is 0.179. The average molecular weight is 328 g/mol. The summed E-state index contributed by atoms with van der Waals surface area (Å²) >= 11 is 0. The van der Waals surface area contributed by atoms with Crippen LogP contribution in [0.4, 0.5) is 9.18 Å². The number of urea groups is 1. The third-order valence-electron chi connectivity index (χ3n) is 4.55. The predicted octanol–water partition coefficient (Wildman–Crippen LogP) is 3.08. The van der Waals surface area contributed by atoms with Crippen molar-refractivity contribution in [2.75, 3.05) is 7.05 Å². The number of nitrogens with zero attached hydrogens (tertiary/aromatic N) is 3. The van der Waals surface area contributed by atoms with Crippen LogP contribution in [-0.2, 0) is 13.0 Å². The Kier molecular flexibility index (Phi) is 4.74. The summed E-state index contributed by atoms with van der Waals surface area (Å²) in [4.78, 5) is 22.3. The Balaban J connectivity index is 1.73. The van der Waals surface area contributed by atoms with Crippen LogP contribution in [0.25, 0.3) is 0 Å². The molecule has 1 aliphatic carbocycles. The summed E-state index contributed by atoms with van der Waals surface area (Å²) in [6, 6.07) is 4.71. The number of benzene rings is 1. The first kappa shape index (κ1) is 16.4. The Morgan fingerprint density at radius 2 is 2.25 bits per heavy atom. The van der Waals surface area contributed by atoms with Crippen LogP contribution in [0.3, 0.4) is 0 Å². The molecule has 1 aromatic heterocycles. The number of hydrogen-bond donors (Lipinski definition) is 1. The Morgan fingerprint density at radius 3 is 3.00 bits per heavy atom. The van der Waals surface area contributed by atoms with Gasteiger partial charge in [-0.3, -0.25) is 9.97 Å². The average Bonchev–Trinajstić information content (AvgIpc) is 2.58. The molecule has 2 amide bonds. The molecule has 24 heavy (non-hydrogen) atoms. The molecule has 2 aromatic rings. The summed E-state index contributed by atoms with van der Waals surface area (Å²) < 4.78 is 14.0. The molecule has 2 atom stereocenters. The van der Waals surface area contributed by atoms with Crippen molar-refractivity contribution in [1.82, 2.24) is 20.2 Å². The lowest BCUT2D eigenvalue weighted by atomic mass is 9.80. The highest BCUT2D eigenvalue weighted by molar-refractivity contribution is 5.74. The van der Waals surface area contributed by atoms with Crippen LogP contribution < -0.4 is 5.32 Å². The van der Waals surface area contributed by atoms with E-state index < -0.39 is 0 Å². The van der Waals surface area contributed by atoms with E-state index in [9.17, 15) is 9.18 Å². The topological polar surface area (TPSA) is 58.1 Å². The quantitative estimate of drug-likeness (QED) is 0.942. The third-order valence-corrected chi connectivity index (χ3v) is 4.55. The molecule has 1 aliphatic rings. The van der Waals surface area contributed by atoms with Gasteiger partial charge in [0.25, 0.3) is 0 Å². The van der Waals surface area contributed by atoms with Gasteiger partial charge in [0.15, 0.2) is 0 Å². The second-order valence-electron chi connectivity index (χ2n) is 6.30. The molecule has 0 saturated heterocycles. The first-order chi connectivity index (χ1) is 11.6. The van der Waals surface area contributed by atoms with E-state index in [0.717, 1.165) is 23.2 Å². The van der Waals surface area contributed by atoms with Crippen LogP contribution in [-0.4, -0.2) is 27.9 Å². The summed E-state index contributed by atoms with van der Waals surface area (Å²) in [6.45, 7) is 2.46. The standard InChI is InChI=1S/C18H21FN4O/c1-12-6-7-14-15(4-3-5-16(14)19)17(12)22-18(24)23(2)11-13-10-20-8-9-21-13/h3-5,8-10,12,17H,6-7,11H2,1-2H3,(H,22,24)/t12-,17-/m1/s1. The Hall–Kier alpha value is -2.50. The smallest absolute Gasteiger partial charge is 0.317 e. The van der Waals surface area contributed by atoms with Crippen LogP contribution in [0.1, 0.15) is 36.2 Å². The largest absolute Gasteiger partial charge is 0.331 e. The predicted molar refractivity (Wildman–Crippen MR) is 88.7 cm³/mol. The zero-order valence-electron chi connectivity index (χ0n) is 13.9. The van der Waals surface area contributed by atoms with Gasteiger partial charge >= 0.3 is 6.03 Å². The monoisotopic (exact) mass is 328 g/mol. The van der Waals surface area contributed by atoms with Crippen LogP contribution >= 0.6 is 0 Å². The van der Waals surface area contributed by atoms with Crippen molar-refractivity contribution in [2.45, 2.75) is 32.4 Å². The lowest BCUT2D eigenvalue weighted by molar-refractivity contribution is 0.195. The normalized spacial score (nSPS) is 19.5. The van der Waals surface area contributed by atoms with Gasteiger partial charge in [-0.25, -0.2) is 9.18 Å². The minimum Gasteiger partial charge on any atom is -0.331 e. The van der Waals surface area contributed by atoms with Crippen molar-refractivity contribution in [3.05, 3.63) is 59.4 Å². The van der Waals surface area contributed by atoms with Crippen LogP contribution in [0.5, 0.6) is 0 Å². The summed E-state index contributed by atoms with van der Waals surface area (Å²) in [7, 11) is 1.71. The van der Waals surface area contributed by atoms with E-state index in [1.54, 1.807) is 36.6 Å². The van der Waals surface area contributed by atoms with E-state index in [1.165, 1.54) is 6.07 Å². The highest BCUT2D eigenvalue weighted by atomic mass is 19.1. The highest BCUT2D eigenvalue weighted by Crippen LogP contribution is 2.35. The van der Waals surface area contributed by atoms with E-state index in [-0.39, 0.29) is 23.8 Å². The van der Waals surface area contributed by atoms with Crippen molar-refractivity contribution in [3.8, 4) is 0 Å². The van der Waals surface area contributed by atoms with Gasteiger partial charge < -0.3 is 10.2 Å². The number of nitrogens with one attached hydrogen (secondary N) is 1. The molecule has 0 aliphatic heterocycles. The molecule has 0 saturated carbocycles. The Bertz CT molecular complexity index is 722. The molecule has 0 radical (unpaired) electrons. The minimum atomic E-state index is -0.199. The number of halogens is 1. The first-order valence-electron chi connectivity index (χ1n) is 8.10. The molecule has 3 rings (SSSR count). The molecular weight excluding hydrogens is 307 g/mol. The number of carbonyl (C=O) groups excluding carboxylic acids is 1. The van der Waals surface area contributed by atoms with Gasteiger partial charge in [-0.05, 0) is 36.0 Å². The molecule has 5 nitrogen and oxygen atoms in total. The lowest BCUT2D eigenvalue weighted by Gasteiger charge is -2.33. The summed E-state index contributed by atoms with van der Waals surface area (Å²) in [5, 5.41) is 3.04. The fraction of sp³-hybridized carbons (Fsp3) is 0.389. The second-order valence-corrected chi connectivity index (χ2v) is 6.30. The number of hydrogen-bond acceptors (Lipinski definition) is 3. The maximum atomic E-state index is 14.0. The fourth-order valence-electron chi connectivity index (χ4n) is 3.17. The Morgan fingerprint density at radius 1 is 1.42 bits per heavy atom. The maximum absolute atomic E-state index is 14.0. The summed E-state index contributed by atoms with van der Waals surface area (Å²) in [5.74, 6) is 0.0692. The van der Waals surface area contributed by atoms with Gasteiger partial charge in [0.2, 0.25) is 0 Å². The van der Waals surface area contributed by atoms with E-state index in [2.05, 4.69) is 22.2 Å². The molecule has 0 spiro atoms. The van der Waals surface area contributed by atoms with E-state index in [4.69, 9.17) is 0 Å². The van der Waals surface area contributed by atoms with Crippen molar-refractivity contribution >= 4 is 6.03 Å². The highest BCUT2D eigenvalue weighted by Gasteiger charge is 2.30. The summed E-state index contributed by atoms with van der Waals surface area (Å²) in [6.07, 6.45) is 6.40. The van der Waals surface area contributed by atoms with E-state index in [1.807, 2.05) is 6.07 Å². The van der Waals surface area contributed by atoms with Gasteiger partial charge in [0, 0.05) is 19.4 Å². The number of aromatic nitrogens is 2. The molecule has 0 unspecified atom stereocenters. The number of amides is 2.